The van der Waals surface area contributed by atoms with Crippen LogP contribution in [0.2, 0.25) is 0 Å². The van der Waals surface area contributed by atoms with Crippen LogP contribution >= 0.6 is 0 Å². The van der Waals surface area contributed by atoms with Crippen molar-refractivity contribution in [2.45, 2.75) is 31.8 Å². The Kier molecular flexibility index (Phi) is 7.01. The maximum atomic E-state index is 12.4. The first-order chi connectivity index (χ1) is 15.9. The zero-order valence-corrected chi connectivity index (χ0v) is 18.2. The lowest BCUT2D eigenvalue weighted by Crippen LogP contribution is -2.48. The van der Waals surface area contributed by atoms with E-state index >= 15 is 0 Å². The molecule has 2 aromatic carbocycles. The van der Waals surface area contributed by atoms with E-state index in [1.807, 2.05) is 0 Å². The first kappa shape index (κ1) is 24.8. The second-order valence-corrected chi connectivity index (χ2v) is 7.99. The van der Waals surface area contributed by atoms with E-state index in [-0.39, 0.29) is 25.3 Å². The van der Waals surface area contributed by atoms with Gasteiger partial charge in [-0.1, -0.05) is 30.3 Å². The zero-order chi connectivity index (χ0) is 25.1. The molecule has 3 rings (SSSR count). The number of amides is 4. The average molecular weight is 481 g/mol. The van der Waals surface area contributed by atoms with Crippen LogP contribution in [0.1, 0.15) is 13.8 Å². The Hall–Kier alpha value is -3.80. The van der Waals surface area contributed by atoms with E-state index in [4.69, 9.17) is 4.74 Å². The molecule has 0 radical (unpaired) electrons. The number of rotatable bonds is 9. The van der Waals surface area contributed by atoms with Crippen LogP contribution in [-0.2, 0) is 9.59 Å². The van der Waals surface area contributed by atoms with Crippen molar-refractivity contribution in [2.24, 2.45) is 0 Å². The van der Waals surface area contributed by atoms with Crippen LogP contribution in [0.15, 0.2) is 48.5 Å². The van der Waals surface area contributed by atoms with Crippen molar-refractivity contribution in [1.29, 1.82) is 0 Å². The zero-order valence-electron chi connectivity index (χ0n) is 18.2. The number of hydrogen-bond donors (Lipinski definition) is 2. The molecule has 12 heteroatoms. The van der Waals surface area contributed by atoms with Gasteiger partial charge in [-0.3, -0.25) is 19.7 Å². The van der Waals surface area contributed by atoms with Crippen LogP contribution in [0.5, 0.6) is 11.5 Å². The Balaban J connectivity index is 1.76. The maximum absolute atomic E-state index is 12.4. The summed E-state index contributed by atoms with van der Waals surface area (Å²) >= 11 is 0. The van der Waals surface area contributed by atoms with E-state index in [1.165, 1.54) is 26.0 Å². The molecule has 0 saturated carbocycles. The van der Waals surface area contributed by atoms with Gasteiger partial charge in [0.2, 0.25) is 6.41 Å². The summed E-state index contributed by atoms with van der Waals surface area (Å²) in [5, 5.41) is 12.8. The fourth-order valence-corrected chi connectivity index (χ4v) is 3.35. The number of imide groups is 1. The third-order valence-electron chi connectivity index (χ3n) is 5.04. The molecular weight excluding hydrogens is 459 g/mol. The minimum Gasteiger partial charge on any atom is -0.491 e. The van der Waals surface area contributed by atoms with E-state index in [9.17, 15) is 32.8 Å². The molecule has 34 heavy (non-hydrogen) atoms. The number of halogens is 3. The number of alkyl halides is 3. The molecule has 0 bridgehead atoms. The van der Waals surface area contributed by atoms with Crippen molar-refractivity contribution in [2.75, 3.05) is 13.2 Å². The van der Waals surface area contributed by atoms with Gasteiger partial charge < -0.3 is 14.8 Å². The number of urea groups is 1. The minimum absolute atomic E-state index is 0.128. The third kappa shape index (κ3) is 5.76. The number of carbonyl (C=O) groups excluding carboxylic acids is 3. The molecule has 1 heterocycles. The van der Waals surface area contributed by atoms with Gasteiger partial charge in [0.25, 0.3) is 5.91 Å². The molecule has 1 aliphatic rings. The van der Waals surface area contributed by atoms with Gasteiger partial charge in [0, 0.05) is 5.56 Å². The van der Waals surface area contributed by atoms with Crippen LogP contribution < -0.4 is 14.8 Å². The molecule has 4 amide bonds. The lowest BCUT2D eigenvalue weighted by molar-refractivity contribution is -0.274. The van der Waals surface area contributed by atoms with Gasteiger partial charge in [-0.2, -0.15) is 0 Å². The molecule has 9 nitrogen and oxygen atoms in total. The van der Waals surface area contributed by atoms with Crippen molar-refractivity contribution in [3.05, 3.63) is 48.5 Å². The van der Waals surface area contributed by atoms with Crippen molar-refractivity contribution in [1.82, 2.24) is 15.3 Å². The number of hydrogen-bond acceptors (Lipinski definition) is 6. The summed E-state index contributed by atoms with van der Waals surface area (Å²) in [6, 6.07) is 10.0. The molecule has 2 aromatic rings. The van der Waals surface area contributed by atoms with Crippen molar-refractivity contribution in [3.8, 4) is 22.6 Å². The Bertz CT molecular complexity index is 1060. The summed E-state index contributed by atoms with van der Waals surface area (Å²) in [5.41, 5.74) is -0.0845. The maximum Gasteiger partial charge on any atom is 0.573 e. The SMILES string of the molecule is CC1(C)NC(=O)N(C[C@@H](COc2ccccc2-c2ccc(OC(F)(F)F)cc2)N(O)C=O)C1=O. The Morgan fingerprint density at radius 2 is 1.79 bits per heavy atom. The topological polar surface area (TPSA) is 108 Å². The number of nitrogens with one attached hydrogen (secondary N) is 1. The molecule has 1 fully saturated rings. The summed E-state index contributed by atoms with van der Waals surface area (Å²) in [5.74, 6) is -0.606. The summed E-state index contributed by atoms with van der Waals surface area (Å²) in [4.78, 5) is 36.6. The molecule has 1 saturated heterocycles. The smallest absolute Gasteiger partial charge is 0.491 e. The predicted molar refractivity (Wildman–Crippen MR) is 112 cm³/mol. The number of para-hydroxylation sites is 1. The summed E-state index contributed by atoms with van der Waals surface area (Å²) in [6.45, 7) is 2.43. The van der Waals surface area contributed by atoms with Crippen molar-refractivity contribution in [3.63, 3.8) is 0 Å². The molecule has 0 aliphatic carbocycles. The fraction of sp³-hybridized carbons (Fsp3) is 0.318. The fourth-order valence-electron chi connectivity index (χ4n) is 3.35. The Labute approximate surface area is 192 Å². The second-order valence-electron chi connectivity index (χ2n) is 7.99. The summed E-state index contributed by atoms with van der Waals surface area (Å²) < 4.78 is 46.8. The standard InChI is InChI=1S/C22H22F3N3O6/c1-21(2)19(30)27(20(31)26-21)11-15(28(32)13-29)12-33-18-6-4-3-5-17(18)14-7-9-16(10-8-14)34-22(23,24)25/h3-10,13,15,32H,11-12H2,1-2H3,(H,26,31)/t15-/m0/s1. The lowest BCUT2D eigenvalue weighted by atomic mass is 10.0. The predicted octanol–water partition coefficient (Wildman–Crippen LogP) is 3.18. The molecule has 0 aromatic heterocycles. The highest BCUT2D eigenvalue weighted by molar-refractivity contribution is 6.06. The minimum atomic E-state index is -4.81. The van der Waals surface area contributed by atoms with Crippen LogP contribution in [0, 0.1) is 0 Å². The summed E-state index contributed by atoms with van der Waals surface area (Å²) in [7, 11) is 0. The van der Waals surface area contributed by atoms with Crippen molar-refractivity contribution >= 4 is 18.3 Å². The highest BCUT2D eigenvalue weighted by atomic mass is 19.4. The number of nitrogens with zero attached hydrogens (tertiary/aromatic N) is 2. The number of ether oxygens (including phenoxy) is 2. The quantitative estimate of drug-likeness (QED) is 0.247. The number of carbonyl (C=O) groups is 3. The monoisotopic (exact) mass is 481 g/mol. The second kappa shape index (κ2) is 9.59. The van der Waals surface area contributed by atoms with E-state index < -0.39 is 29.9 Å². The van der Waals surface area contributed by atoms with Gasteiger partial charge in [0.15, 0.2) is 0 Å². The van der Waals surface area contributed by atoms with Crippen LogP contribution in [0.4, 0.5) is 18.0 Å². The molecule has 0 unspecified atom stereocenters. The van der Waals surface area contributed by atoms with Gasteiger partial charge in [0.1, 0.15) is 29.7 Å². The highest BCUT2D eigenvalue weighted by Crippen LogP contribution is 2.32. The normalized spacial score (nSPS) is 16.1. The molecule has 0 spiro atoms. The average Bonchev–Trinajstić information content (AvgIpc) is 2.96. The van der Waals surface area contributed by atoms with Gasteiger partial charge in [0.05, 0.1) is 6.54 Å². The van der Waals surface area contributed by atoms with Gasteiger partial charge in [-0.15, -0.1) is 13.2 Å². The Morgan fingerprint density at radius 1 is 1.15 bits per heavy atom. The lowest BCUT2D eigenvalue weighted by Gasteiger charge is -2.26. The number of benzene rings is 2. The van der Waals surface area contributed by atoms with Crippen molar-refractivity contribution < 1.29 is 42.2 Å². The van der Waals surface area contributed by atoms with Gasteiger partial charge in [-0.05, 0) is 37.6 Å². The van der Waals surface area contributed by atoms with Crippen LogP contribution in [0.3, 0.4) is 0 Å². The molecule has 1 atom stereocenters. The van der Waals surface area contributed by atoms with Crippen LogP contribution in [-0.4, -0.2) is 64.6 Å². The van der Waals surface area contributed by atoms with E-state index in [1.54, 1.807) is 24.3 Å². The van der Waals surface area contributed by atoms with Gasteiger partial charge >= 0.3 is 12.4 Å². The summed E-state index contributed by atoms with van der Waals surface area (Å²) in [6.07, 6.45) is -4.68. The van der Waals surface area contributed by atoms with Gasteiger partial charge in [-0.25, -0.2) is 9.86 Å². The highest BCUT2D eigenvalue weighted by Gasteiger charge is 2.45. The van der Waals surface area contributed by atoms with E-state index in [0.29, 0.717) is 21.9 Å². The van der Waals surface area contributed by atoms with Crippen LogP contribution in [0.25, 0.3) is 11.1 Å². The molecule has 182 valence electrons. The molecular formula is C22H22F3N3O6. The third-order valence-corrected chi connectivity index (χ3v) is 5.04. The van der Waals surface area contributed by atoms with E-state index in [0.717, 1.165) is 17.0 Å². The molecule has 2 N–H and O–H groups in total. The molecule has 1 aliphatic heterocycles. The largest absolute Gasteiger partial charge is 0.573 e. The van der Waals surface area contributed by atoms with E-state index in [2.05, 4.69) is 10.1 Å². The first-order valence-corrected chi connectivity index (χ1v) is 10.1. The Morgan fingerprint density at radius 3 is 2.35 bits per heavy atom. The number of hydroxylamine groups is 2. The first-order valence-electron chi connectivity index (χ1n) is 10.1.